The fraction of sp³-hybridized carbons (Fsp3) is 0.450. The molecular weight excluding hydrogens is 371 g/mol. The van der Waals surface area contributed by atoms with E-state index in [1.54, 1.807) is 0 Å². The van der Waals surface area contributed by atoms with Crippen molar-refractivity contribution in [3.63, 3.8) is 0 Å². The Kier molecular flexibility index (Phi) is 12.1. The molecule has 0 saturated carbocycles. The molecule has 2 aliphatic carbocycles. The molecule has 138 valence electrons. The summed E-state index contributed by atoms with van der Waals surface area (Å²) in [5, 5.41) is 1.65. The van der Waals surface area contributed by atoms with Gasteiger partial charge in [0.1, 0.15) is 13.5 Å². The Hall–Kier alpha value is -0.430. The van der Waals surface area contributed by atoms with Crippen LogP contribution in [0.2, 0.25) is 39.3 Å². The van der Waals surface area contributed by atoms with Gasteiger partial charge in [-0.25, -0.2) is 0 Å². The Morgan fingerprint density at radius 2 is 1.50 bits per heavy atom. The Labute approximate surface area is 162 Å². The van der Waals surface area contributed by atoms with Crippen LogP contribution in [0.15, 0.2) is 47.2 Å². The fourth-order valence-corrected chi connectivity index (χ4v) is 6.79. The molecule has 0 aromatic rings. The SMILES string of the molecule is C[Si](C)(C)C(=O)/C(=C\C1=CCCC1)[Si](C)(C)C.[CH3-].[CH]1C=CC=C1.[Co]. The second-order valence-electron chi connectivity index (χ2n) is 8.02. The van der Waals surface area contributed by atoms with E-state index in [1.165, 1.54) is 23.6 Å². The zero-order valence-corrected chi connectivity index (χ0v) is 19.4. The molecule has 0 atom stereocenters. The van der Waals surface area contributed by atoms with Gasteiger partial charge in [-0.1, -0.05) is 81.3 Å². The molecule has 0 amide bonds. The molecule has 2 rings (SSSR count). The van der Waals surface area contributed by atoms with E-state index in [0.717, 1.165) is 6.42 Å². The molecule has 2 aliphatic rings. The van der Waals surface area contributed by atoms with E-state index in [4.69, 9.17) is 0 Å². The molecule has 0 aromatic carbocycles. The molecule has 2 radical (unpaired) electrons. The molecule has 0 bridgehead atoms. The van der Waals surface area contributed by atoms with Crippen LogP contribution in [0, 0.1) is 13.8 Å². The van der Waals surface area contributed by atoms with Crippen molar-refractivity contribution in [2.75, 3.05) is 0 Å². The summed E-state index contributed by atoms with van der Waals surface area (Å²) in [4.78, 5) is 12.6. The van der Waals surface area contributed by atoms with Gasteiger partial charge in [0, 0.05) is 23.2 Å². The number of rotatable bonds is 4. The van der Waals surface area contributed by atoms with Crippen molar-refractivity contribution in [1.29, 1.82) is 0 Å². The molecule has 0 saturated heterocycles. The van der Waals surface area contributed by atoms with E-state index in [9.17, 15) is 4.79 Å². The van der Waals surface area contributed by atoms with Crippen LogP contribution in [-0.2, 0) is 21.6 Å². The van der Waals surface area contributed by atoms with E-state index in [2.05, 4.69) is 51.4 Å². The van der Waals surface area contributed by atoms with E-state index in [0.29, 0.717) is 5.41 Å². The van der Waals surface area contributed by atoms with Crippen molar-refractivity contribution in [2.24, 2.45) is 0 Å². The minimum absolute atomic E-state index is 0. The third-order valence-electron chi connectivity index (χ3n) is 3.70. The first-order valence-electron chi connectivity index (χ1n) is 8.25. The second kappa shape index (κ2) is 11.2. The molecule has 1 nitrogen and oxygen atoms in total. The second-order valence-corrected chi connectivity index (χ2v) is 18.0. The third-order valence-corrected chi connectivity index (χ3v) is 7.56. The molecule has 4 heteroatoms. The topological polar surface area (TPSA) is 17.1 Å². The van der Waals surface area contributed by atoms with E-state index >= 15 is 0 Å². The number of allylic oxidation sites excluding steroid dienone is 8. The summed E-state index contributed by atoms with van der Waals surface area (Å²) < 4.78 is 0. The zero-order chi connectivity index (χ0) is 16.8. The largest absolute Gasteiger partial charge is 0.358 e. The zero-order valence-electron chi connectivity index (χ0n) is 16.4. The summed E-state index contributed by atoms with van der Waals surface area (Å²) in [5.74, 6) is 0. The number of hydrogen-bond acceptors (Lipinski definition) is 1. The van der Waals surface area contributed by atoms with Crippen LogP contribution in [0.25, 0.3) is 0 Å². The normalized spacial score (nSPS) is 16.6. The van der Waals surface area contributed by atoms with Gasteiger partial charge in [0.15, 0.2) is 0 Å². The fourth-order valence-electron chi connectivity index (χ4n) is 2.36. The van der Waals surface area contributed by atoms with Crippen molar-refractivity contribution < 1.29 is 21.6 Å². The van der Waals surface area contributed by atoms with Gasteiger partial charge in [0.25, 0.3) is 0 Å². The number of carbonyl (C=O) groups is 1. The first kappa shape index (κ1) is 25.8. The van der Waals surface area contributed by atoms with Gasteiger partial charge in [0.2, 0.25) is 0 Å². The van der Waals surface area contributed by atoms with Crippen molar-refractivity contribution in [3.05, 3.63) is 61.1 Å². The van der Waals surface area contributed by atoms with Crippen LogP contribution in [0.1, 0.15) is 19.3 Å². The number of hydrogen-bond donors (Lipinski definition) is 0. The van der Waals surface area contributed by atoms with Crippen LogP contribution in [-0.4, -0.2) is 21.6 Å². The Balaban J connectivity index is 0. The van der Waals surface area contributed by atoms with Crippen LogP contribution in [0.3, 0.4) is 0 Å². The predicted molar refractivity (Wildman–Crippen MR) is 111 cm³/mol. The average molecular weight is 406 g/mol. The predicted octanol–water partition coefficient (Wildman–Crippen LogP) is 6.11. The molecule has 24 heavy (non-hydrogen) atoms. The molecule has 0 aliphatic heterocycles. The van der Waals surface area contributed by atoms with Crippen molar-refractivity contribution in [1.82, 2.24) is 0 Å². The minimum Gasteiger partial charge on any atom is -0.358 e. The molecule has 0 heterocycles. The Morgan fingerprint density at radius 3 is 1.79 bits per heavy atom. The van der Waals surface area contributed by atoms with Gasteiger partial charge in [0.05, 0.1) is 8.07 Å². The maximum Gasteiger partial charge on any atom is 0.132 e. The van der Waals surface area contributed by atoms with Crippen LogP contribution >= 0.6 is 0 Å². The van der Waals surface area contributed by atoms with Crippen molar-refractivity contribution in [3.8, 4) is 0 Å². The summed E-state index contributed by atoms with van der Waals surface area (Å²) >= 11 is 0. The maximum absolute atomic E-state index is 12.6. The molecule has 0 aromatic heterocycles. The molecule has 0 N–H and O–H groups in total. The average Bonchev–Trinajstić information content (AvgIpc) is 3.08. The number of carbonyl (C=O) groups excluding carboxylic acids is 1. The third kappa shape index (κ3) is 9.16. The first-order valence-corrected chi connectivity index (χ1v) is 15.2. The van der Waals surface area contributed by atoms with Gasteiger partial charge in [-0.2, -0.15) is 0 Å². The molecule has 0 fully saturated rings. The minimum atomic E-state index is -1.71. The van der Waals surface area contributed by atoms with Crippen LogP contribution in [0.5, 0.6) is 0 Å². The van der Waals surface area contributed by atoms with E-state index < -0.39 is 16.1 Å². The van der Waals surface area contributed by atoms with Crippen LogP contribution < -0.4 is 0 Å². The monoisotopic (exact) mass is 405 g/mol. The molecular formula is C20H34CoOSi2-. The van der Waals surface area contributed by atoms with Gasteiger partial charge in [-0.15, -0.1) is 0 Å². The van der Waals surface area contributed by atoms with Crippen LogP contribution in [0.4, 0.5) is 0 Å². The summed E-state index contributed by atoms with van der Waals surface area (Å²) in [7, 11) is -3.23. The van der Waals surface area contributed by atoms with E-state index in [1.807, 2.05) is 30.7 Å². The first-order chi connectivity index (χ1) is 10.1. The molecule has 0 spiro atoms. The van der Waals surface area contributed by atoms with E-state index in [-0.39, 0.29) is 24.2 Å². The van der Waals surface area contributed by atoms with Crippen molar-refractivity contribution >= 4 is 21.6 Å². The molecule has 0 unspecified atom stereocenters. The van der Waals surface area contributed by atoms with Gasteiger partial charge < -0.3 is 12.2 Å². The summed E-state index contributed by atoms with van der Waals surface area (Å²) in [6.45, 7) is 13.3. The van der Waals surface area contributed by atoms with Gasteiger partial charge in [-0.05, 0) is 24.5 Å². The standard InChI is InChI=1S/C14H26OSi2.C5H5.CH3.Co/c1-16(2,3)13(14(15)17(4,5)6)11-12-9-7-8-10-12;1-2-4-5-3-1;;/h9,11H,7-8,10H2,1-6H3;1-5H;1H3;/q;;-1;/b13-11+;;;. The summed E-state index contributed by atoms with van der Waals surface area (Å²) in [5.41, 5.74) is 1.40. The smallest absolute Gasteiger partial charge is 0.132 e. The van der Waals surface area contributed by atoms with Crippen molar-refractivity contribution in [2.45, 2.75) is 58.5 Å². The van der Waals surface area contributed by atoms with Gasteiger partial charge >= 0.3 is 0 Å². The summed E-state index contributed by atoms with van der Waals surface area (Å²) in [6.07, 6.45) is 18.1. The van der Waals surface area contributed by atoms with Gasteiger partial charge in [-0.3, -0.25) is 0 Å². The Bertz CT molecular complexity index is 505. The quantitative estimate of drug-likeness (QED) is 0.313. The maximum atomic E-state index is 12.6. The Morgan fingerprint density at radius 1 is 0.958 bits per heavy atom. The summed E-state index contributed by atoms with van der Waals surface area (Å²) in [6, 6.07) is 0.